The maximum atomic E-state index is 12.7. The lowest BCUT2D eigenvalue weighted by Crippen LogP contribution is -2.59. The smallest absolute Gasteiger partial charge is 0.241 e. The molecule has 4 aliphatic carbocycles. The van der Waals surface area contributed by atoms with Gasteiger partial charge < -0.3 is 5.73 Å². The van der Waals surface area contributed by atoms with Crippen LogP contribution in [0.25, 0.3) is 0 Å². The summed E-state index contributed by atoms with van der Waals surface area (Å²) in [6.45, 7) is 0. The molecule has 0 spiro atoms. The first-order chi connectivity index (χ1) is 9.94. The molecular weight excluding hydrogens is 284 g/mol. The fraction of sp³-hybridized carbons (Fsp3) is 0.625. The molecule has 1 aromatic rings. The summed E-state index contributed by atoms with van der Waals surface area (Å²) in [7, 11) is -3.45. The third-order valence-corrected chi connectivity index (χ3v) is 7.17. The van der Waals surface area contributed by atoms with E-state index in [1.807, 2.05) is 0 Å². The van der Waals surface area contributed by atoms with Crippen molar-refractivity contribution in [2.75, 3.05) is 5.73 Å². The molecule has 0 atom stereocenters. The van der Waals surface area contributed by atoms with Crippen LogP contribution in [0, 0.1) is 17.8 Å². The van der Waals surface area contributed by atoms with Crippen molar-refractivity contribution < 1.29 is 8.42 Å². The van der Waals surface area contributed by atoms with Gasteiger partial charge in [-0.2, -0.15) is 0 Å². The average molecular weight is 306 g/mol. The van der Waals surface area contributed by atoms with Crippen LogP contribution < -0.4 is 10.5 Å². The van der Waals surface area contributed by atoms with Crippen molar-refractivity contribution in [3.8, 4) is 0 Å². The Hall–Kier alpha value is -1.07. The standard InChI is InChI=1S/C16H22N2O2S/c17-14-1-3-15(4-2-14)21(19,20)18-16-8-11-5-12(9-16)7-13(6-11)10-16/h1-4,11-13,18H,5-10,17H2. The van der Waals surface area contributed by atoms with Gasteiger partial charge >= 0.3 is 0 Å². The highest BCUT2D eigenvalue weighted by atomic mass is 32.2. The molecule has 0 aliphatic heterocycles. The van der Waals surface area contributed by atoms with Crippen LogP contribution in [-0.4, -0.2) is 14.0 Å². The van der Waals surface area contributed by atoms with Gasteiger partial charge in [0.2, 0.25) is 10.0 Å². The van der Waals surface area contributed by atoms with E-state index < -0.39 is 10.0 Å². The zero-order valence-corrected chi connectivity index (χ0v) is 12.9. The Morgan fingerprint density at radius 2 is 1.43 bits per heavy atom. The maximum Gasteiger partial charge on any atom is 0.241 e. The van der Waals surface area contributed by atoms with E-state index in [1.54, 1.807) is 24.3 Å². The Morgan fingerprint density at radius 3 is 1.90 bits per heavy atom. The van der Waals surface area contributed by atoms with Crippen LogP contribution in [0.5, 0.6) is 0 Å². The molecule has 0 radical (unpaired) electrons. The summed E-state index contributed by atoms with van der Waals surface area (Å²) in [4.78, 5) is 0.326. The van der Waals surface area contributed by atoms with Crippen molar-refractivity contribution in [3.05, 3.63) is 24.3 Å². The Labute approximate surface area is 126 Å². The van der Waals surface area contributed by atoms with Gasteiger partial charge in [-0.15, -0.1) is 0 Å². The summed E-state index contributed by atoms with van der Waals surface area (Å²) >= 11 is 0. The van der Waals surface area contributed by atoms with Crippen LogP contribution in [0.1, 0.15) is 38.5 Å². The Kier molecular flexibility index (Phi) is 2.89. The van der Waals surface area contributed by atoms with Crippen LogP contribution in [0.3, 0.4) is 0 Å². The lowest BCUT2D eigenvalue weighted by Gasteiger charge is -2.56. The number of nitrogens with one attached hydrogen (secondary N) is 1. The average Bonchev–Trinajstić information content (AvgIpc) is 2.36. The van der Waals surface area contributed by atoms with Crippen molar-refractivity contribution in [2.24, 2.45) is 17.8 Å². The number of nitrogens with two attached hydrogens (primary N) is 1. The quantitative estimate of drug-likeness (QED) is 0.843. The van der Waals surface area contributed by atoms with Gasteiger partial charge in [0.25, 0.3) is 0 Å². The van der Waals surface area contributed by atoms with Gasteiger partial charge in [0.05, 0.1) is 4.90 Å². The Bertz CT molecular complexity index is 616. The highest BCUT2D eigenvalue weighted by Gasteiger charge is 2.52. The first-order valence-corrected chi connectivity index (χ1v) is 9.32. The molecule has 21 heavy (non-hydrogen) atoms. The molecule has 0 saturated heterocycles. The molecule has 0 amide bonds. The van der Waals surface area contributed by atoms with Gasteiger partial charge in [0.15, 0.2) is 0 Å². The zero-order chi connectivity index (χ0) is 14.7. The minimum atomic E-state index is -3.45. The fourth-order valence-corrected chi connectivity index (χ4v) is 6.66. The SMILES string of the molecule is Nc1ccc(S(=O)(=O)NC23CC4CC(CC(C4)C2)C3)cc1. The number of hydrogen-bond donors (Lipinski definition) is 2. The third kappa shape index (κ3) is 2.36. The van der Waals surface area contributed by atoms with E-state index >= 15 is 0 Å². The number of nitrogen functional groups attached to an aromatic ring is 1. The Morgan fingerprint density at radius 1 is 0.952 bits per heavy atom. The highest BCUT2D eigenvalue weighted by molar-refractivity contribution is 7.89. The Balaban J connectivity index is 1.61. The summed E-state index contributed by atoms with van der Waals surface area (Å²) in [6, 6.07) is 6.48. The molecule has 0 aromatic heterocycles. The summed E-state index contributed by atoms with van der Waals surface area (Å²) in [5.41, 5.74) is 6.04. The van der Waals surface area contributed by atoms with Gasteiger partial charge in [0, 0.05) is 11.2 Å². The van der Waals surface area contributed by atoms with Crippen LogP contribution >= 0.6 is 0 Å². The molecular formula is C16H22N2O2S. The molecule has 3 N–H and O–H groups in total. The fourth-order valence-electron chi connectivity index (χ4n) is 5.23. The molecule has 0 unspecified atom stereocenters. The minimum Gasteiger partial charge on any atom is -0.399 e. The van der Waals surface area contributed by atoms with Gasteiger partial charge in [-0.05, 0) is 80.5 Å². The summed E-state index contributed by atoms with van der Waals surface area (Å²) in [6.07, 6.45) is 6.99. The van der Waals surface area contributed by atoms with Crippen LogP contribution in [0.2, 0.25) is 0 Å². The molecule has 0 heterocycles. The first kappa shape index (κ1) is 13.6. The molecule has 5 heteroatoms. The third-order valence-electron chi connectivity index (χ3n) is 5.58. The monoisotopic (exact) mass is 306 g/mol. The highest BCUT2D eigenvalue weighted by Crippen LogP contribution is 2.55. The van der Waals surface area contributed by atoms with Gasteiger partial charge in [-0.25, -0.2) is 13.1 Å². The predicted octanol–water partition coefficient (Wildman–Crippen LogP) is 2.52. The van der Waals surface area contributed by atoms with Crippen molar-refractivity contribution in [1.82, 2.24) is 4.72 Å². The summed E-state index contributed by atoms with van der Waals surface area (Å²) in [5, 5.41) is 0. The largest absolute Gasteiger partial charge is 0.399 e. The summed E-state index contributed by atoms with van der Waals surface area (Å²) in [5.74, 6) is 2.18. The second-order valence-corrected chi connectivity index (χ2v) is 9.05. The maximum absolute atomic E-state index is 12.7. The van der Waals surface area contributed by atoms with Gasteiger partial charge in [-0.3, -0.25) is 0 Å². The van der Waals surface area contributed by atoms with Gasteiger partial charge in [0.1, 0.15) is 0 Å². The number of anilines is 1. The molecule has 4 saturated carbocycles. The molecule has 5 rings (SSSR count). The van der Waals surface area contributed by atoms with E-state index in [4.69, 9.17) is 5.73 Å². The topological polar surface area (TPSA) is 72.2 Å². The zero-order valence-electron chi connectivity index (χ0n) is 12.1. The second-order valence-electron chi connectivity index (χ2n) is 7.37. The molecule has 114 valence electrons. The van der Waals surface area contributed by atoms with E-state index in [9.17, 15) is 8.42 Å². The van der Waals surface area contributed by atoms with Crippen LogP contribution in [0.4, 0.5) is 5.69 Å². The number of benzene rings is 1. The van der Waals surface area contributed by atoms with E-state index in [-0.39, 0.29) is 5.54 Å². The van der Waals surface area contributed by atoms with Gasteiger partial charge in [-0.1, -0.05) is 0 Å². The van der Waals surface area contributed by atoms with E-state index in [0.717, 1.165) is 37.0 Å². The van der Waals surface area contributed by atoms with Crippen molar-refractivity contribution in [1.29, 1.82) is 0 Å². The van der Waals surface area contributed by atoms with Crippen molar-refractivity contribution >= 4 is 15.7 Å². The predicted molar refractivity (Wildman–Crippen MR) is 82.1 cm³/mol. The van der Waals surface area contributed by atoms with Crippen LogP contribution in [0.15, 0.2) is 29.2 Å². The van der Waals surface area contributed by atoms with E-state index in [2.05, 4.69) is 4.72 Å². The lowest BCUT2D eigenvalue weighted by atomic mass is 9.53. The van der Waals surface area contributed by atoms with E-state index in [0.29, 0.717) is 10.6 Å². The summed E-state index contributed by atoms with van der Waals surface area (Å²) < 4.78 is 28.4. The number of rotatable bonds is 3. The molecule has 4 aliphatic rings. The van der Waals surface area contributed by atoms with Crippen LogP contribution in [-0.2, 0) is 10.0 Å². The molecule has 1 aromatic carbocycles. The molecule has 4 fully saturated rings. The number of hydrogen-bond acceptors (Lipinski definition) is 3. The molecule has 4 bridgehead atoms. The number of sulfonamides is 1. The van der Waals surface area contributed by atoms with E-state index in [1.165, 1.54) is 19.3 Å². The normalized spacial score (nSPS) is 37.8. The van der Waals surface area contributed by atoms with Crippen molar-refractivity contribution in [2.45, 2.75) is 49.0 Å². The second kappa shape index (κ2) is 4.46. The lowest BCUT2D eigenvalue weighted by molar-refractivity contribution is -0.00810. The van der Waals surface area contributed by atoms with Crippen molar-refractivity contribution in [3.63, 3.8) is 0 Å². The first-order valence-electron chi connectivity index (χ1n) is 7.84. The molecule has 4 nitrogen and oxygen atoms in total. The minimum absolute atomic E-state index is 0.186.